The number of ether oxygens (including phenoxy) is 1. The molecule has 3 rings (SSSR count). The molecule has 0 amide bonds. The third-order valence-electron chi connectivity index (χ3n) is 5.74. The van der Waals surface area contributed by atoms with E-state index in [4.69, 9.17) is 10.5 Å². The van der Waals surface area contributed by atoms with Crippen molar-refractivity contribution in [3.8, 4) is 11.1 Å². The lowest BCUT2D eigenvalue weighted by atomic mass is 9.96. The van der Waals surface area contributed by atoms with E-state index in [2.05, 4.69) is 44.1 Å². The third kappa shape index (κ3) is 6.34. The number of likely N-dealkylation sites (N-methyl/N-ethyl adjacent to an activating group) is 1. The Labute approximate surface area is 195 Å². The molecule has 3 aromatic rings. The molecule has 0 aliphatic rings. The average Bonchev–Trinajstić information content (AvgIpc) is 2.81. The van der Waals surface area contributed by atoms with Crippen molar-refractivity contribution >= 4 is 22.8 Å². The topological polar surface area (TPSA) is 122 Å². The molecular weight excluding hydrogens is 418 g/mol. The first kappa shape index (κ1) is 24.8. The van der Waals surface area contributed by atoms with Crippen LogP contribution in [0.1, 0.15) is 38.7 Å². The molecule has 0 aromatic carbocycles. The highest BCUT2D eigenvalue weighted by atomic mass is 16.5. The van der Waals surface area contributed by atoms with Gasteiger partial charge in [0.1, 0.15) is 5.52 Å². The minimum Gasteiger partial charge on any atom is -0.394 e. The van der Waals surface area contributed by atoms with Gasteiger partial charge in [-0.25, -0.2) is 4.98 Å². The van der Waals surface area contributed by atoms with E-state index in [1.165, 1.54) is 0 Å². The lowest BCUT2D eigenvalue weighted by Gasteiger charge is -2.29. The van der Waals surface area contributed by atoms with Gasteiger partial charge >= 0.3 is 0 Å². The number of nitrogens with one attached hydrogen (secondary N) is 1. The molecule has 0 radical (unpaired) electrons. The molecule has 3 heterocycles. The molecular formula is C24H35N7O2. The van der Waals surface area contributed by atoms with E-state index < -0.39 is 5.54 Å². The maximum absolute atomic E-state index is 9.99. The lowest BCUT2D eigenvalue weighted by molar-refractivity contribution is 0.158. The van der Waals surface area contributed by atoms with Crippen LogP contribution in [-0.2, 0) is 11.3 Å². The molecule has 0 bridgehead atoms. The van der Waals surface area contributed by atoms with Gasteiger partial charge in [-0.1, -0.05) is 19.8 Å². The number of anilines is 2. The van der Waals surface area contributed by atoms with Crippen molar-refractivity contribution in [3.63, 3.8) is 0 Å². The molecule has 3 aromatic heterocycles. The van der Waals surface area contributed by atoms with E-state index in [9.17, 15) is 5.11 Å². The van der Waals surface area contributed by atoms with Crippen LogP contribution in [0.5, 0.6) is 0 Å². The minimum absolute atomic E-state index is 0.0204. The summed E-state index contributed by atoms with van der Waals surface area (Å²) in [6, 6.07) is 3.96. The first-order valence-corrected chi connectivity index (χ1v) is 11.3. The molecule has 0 saturated heterocycles. The number of hydrogen-bond acceptors (Lipinski definition) is 9. The number of nitrogens with zero attached hydrogens (tertiary/aromatic N) is 5. The van der Waals surface area contributed by atoms with E-state index in [1.807, 2.05) is 31.5 Å². The van der Waals surface area contributed by atoms with Crippen molar-refractivity contribution in [1.29, 1.82) is 0 Å². The lowest BCUT2D eigenvalue weighted by Crippen LogP contribution is -2.39. The highest BCUT2D eigenvalue weighted by molar-refractivity contribution is 5.89. The highest BCUT2D eigenvalue weighted by Gasteiger charge is 2.25. The standard InChI is InChI=1S/C24H35N7O2/c1-5-6-8-24(2,16-32)30-22-21-20(28-23(25)29-22)12-17(14-27-21)19-7-9-26-13-18(19)15-31(3)10-11-33-4/h7,9,12-14,32H,5-6,8,10-11,15-16H2,1-4H3,(H3,25,28,29,30)/t24-/m1/s1. The summed E-state index contributed by atoms with van der Waals surface area (Å²) in [5.41, 5.74) is 9.84. The van der Waals surface area contributed by atoms with Crippen LogP contribution >= 0.6 is 0 Å². The zero-order valence-electron chi connectivity index (χ0n) is 20.0. The largest absolute Gasteiger partial charge is 0.394 e. The molecule has 0 fully saturated rings. The Balaban J connectivity index is 1.96. The van der Waals surface area contributed by atoms with Gasteiger partial charge in [0.05, 0.1) is 24.3 Å². The molecule has 33 heavy (non-hydrogen) atoms. The Hall–Kier alpha value is -2.88. The molecule has 9 heteroatoms. The number of unbranched alkanes of at least 4 members (excludes halogenated alkanes) is 1. The number of fused-ring (bicyclic) bond motifs is 1. The number of hydrogen-bond donors (Lipinski definition) is 3. The van der Waals surface area contributed by atoms with Gasteiger partial charge in [0, 0.05) is 44.4 Å². The number of aliphatic hydroxyl groups excluding tert-OH is 1. The number of methoxy groups -OCH3 is 1. The van der Waals surface area contributed by atoms with Crippen molar-refractivity contribution in [2.75, 3.05) is 45.0 Å². The van der Waals surface area contributed by atoms with Crippen LogP contribution in [0, 0.1) is 0 Å². The average molecular weight is 454 g/mol. The Morgan fingerprint density at radius 2 is 2.09 bits per heavy atom. The third-order valence-corrected chi connectivity index (χ3v) is 5.74. The van der Waals surface area contributed by atoms with Gasteiger partial charge in [-0.3, -0.25) is 14.9 Å². The van der Waals surface area contributed by atoms with Gasteiger partial charge in [0.2, 0.25) is 5.95 Å². The maximum Gasteiger partial charge on any atom is 0.222 e. The molecule has 0 spiro atoms. The molecule has 4 N–H and O–H groups in total. The molecule has 0 aliphatic carbocycles. The van der Waals surface area contributed by atoms with Gasteiger partial charge in [-0.15, -0.1) is 0 Å². The molecule has 1 atom stereocenters. The number of nitrogens with two attached hydrogens (primary N) is 1. The van der Waals surface area contributed by atoms with E-state index in [0.29, 0.717) is 23.5 Å². The monoisotopic (exact) mass is 453 g/mol. The van der Waals surface area contributed by atoms with Crippen LogP contribution in [0.3, 0.4) is 0 Å². The first-order chi connectivity index (χ1) is 15.9. The van der Waals surface area contributed by atoms with Gasteiger partial charge in [-0.2, -0.15) is 4.98 Å². The number of aromatic nitrogens is 4. The van der Waals surface area contributed by atoms with Crippen LogP contribution in [-0.4, -0.2) is 69.4 Å². The molecule has 0 unspecified atom stereocenters. The zero-order valence-corrected chi connectivity index (χ0v) is 20.0. The molecule has 178 valence electrons. The summed E-state index contributed by atoms with van der Waals surface area (Å²) in [5, 5.41) is 13.4. The quantitative estimate of drug-likeness (QED) is 0.379. The minimum atomic E-state index is -0.519. The summed E-state index contributed by atoms with van der Waals surface area (Å²) in [5.74, 6) is 0.694. The highest BCUT2D eigenvalue weighted by Crippen LogP contribution is 2.29. The van der Waals surface area contributed by atoms with Crippen LogP contribution < -0.4 is 11.1 Å². The second-order valence-corrected chi connectivity index (χ2v) is 8.73. The summed E-state index contributed by atoms with van der Waals surface area (Å²) in [6.07, 6.45) is 8.32. The molecule has 9 nitrogen and oxygen atoms in total. The van der Waals surface area contributed by atoms with Crippen LogP contribution in [0.15, 0.2) is 30.7 Å². The maximum atomic E-state index is 9.99. The summed E-state index contributed by atoms with van der Waals surface area (Å²) in [4.78, 5) is 20.0. The van der Waals surface area contributed by atoms with E-state index >= 15 is 0 Å². The zero-order chi connectivity index (χ0) is 23.8. The fraction of sp³-hybridized carbons (Fsp3) is 0.500. The van der Waals surface area contributed by atoms with E-state index in [0.717, 1.165) is 49.0 Å². The normalized spacial score (nSPS) is 13.4. The second kappa shape index (κ2) is 11.3. The van der Waals surface area contributed by atoms with Gasteiger partial charge in [-0.05, 0) is 43.7 Å². The first-order valence-electron chi connectivity index (χ1n) is 11.3. The summed E-state index contributed by atoms with van der Waals surface area (Å²) >= 11 is 0. The van der Waals surface area contributed by atoms with Crippen molar-refractivity contribution in [3.05, 3.63) is 36.3 Å². The van der Waals surface area contributed by atoms with Crippen molar-refractivity contribution in [1.82, 2.24) is 24.8 Å². The Morgan fingerprint density at radius 1 is 1.27 bits per heavy atom. The van der Waals surface area contributed by atoms with Gasteiger partial charge in [0.15, 0.2) is 5.82 Å². The predicted molar refractivity (Wildman–Crippen MR) is 132 cm³/mol. The number of pyridine rings is 2. The number of aliphatic hydroxyl groups is 1. The van der Waals surface area contributed by atoms with Crippen LogP contribution in [0.4, 0.5) is 11.8 Å². The van der Waals surface area contributed by atoms with Crippen molar-refractivity contribution in [2.45, 2.75) is 45.2 Å². The number of nitrogen functional groups attached to an aromatic ring is 1. The molecule has 0 aliphatic heterocycles. The van der Waals surface area contributed by atoms with Gasteiger partial charge in [0.25, 0.3) is 0 Å². The Kier molecular flexibility index (Phi) is 8.49. The van der Waals surface area contributed by atoms with Crippen LogP contribution in [0.25, 0.3) is 22.2 Å². The van der Waals surface area contributed by atoms with E-state index in [1.54, 1.807) is 13.3 Å². The molecule has 0 saturated carbocycles. The number of rotatable bonds is 12. The Morgan fingerprint density at radius 3 is 2.82 bits per heavy atom. The van der Waals surface area contributed by atoms with Crippen LogP contribution in [0.2, 0.25) is 0 Å². The van der Waals surface area contributed by atoms with Crippen molar-refractivity contribution in [2.24, 2.45) is 0 Å². The smallest absolute Gasteiger partial charge is 0.222 e. The predicted octanol–water partition coefficient (Wildman–Crippen LogP) is 3.10. The second-order valence-electron chi connectivity index (χ2n) is 8.73. The fourth-order valence-corrected chi connectivity index (χ4v) is 3.76. The Bertz CT molecular complexity index is 1060. The summed E-state index contributed by atoms with van der Waals surface area (Å²) in [6.45, 7) is 6.30. The fourth-order valence-electron chi connectivity index (χ4n) is 3.76. The summed E-state index contributed by atoms with van der Waals surface area (Å²) < 4.78 is 5.18. The summed E-state index contributed by atoms with van der Waals surface area (Å²) in [7, 11) is 3.75. The van der Waals surface area contributed by atoms with E-state index in [-0.39, 0.29) is 12.6 Å². The SMILES string of the molecule is CCCC[C@](C)(CO)Nc1nc(N)nc2cc(-c3ccncc3CN(C)CCOC)cnc12. The van der Waals surface area contributed by atoms with Crippen molar-refractivity contribution < 1.29 is 9.84 Å². The van der Waals surface area contributed by atoms with Gasteiger partial charge < -0.3 is 20.9 Å².